The van der Waals surface area contributed by atoms with E-state index in [1.165, 1.54) is 0 Å². The van der Waals surface area contributed by atoms with Crippen LogP contribution in [0.15, 0.2) is 42.6 Å². The van der Waals surface area contributed by atoms with E-state index in [4.69, 9.17) is 52.1 Å². The first-order valence-corrected chi connectivity index (χ1v) is 9.90. The SMILES string of the molecule is Nc1ncc2c(n1)N(Cc1c(Cl)cccc1Cl)CC(c1c(Cl)cccc1Cl)=C2. The van der Waals surface area contributed by atoms with Crippen molar-refractivity contribution in [3.63, 3.8) is 0 Å². The van der Waals surface area contributed by atoms with Gasteiger partial charge in [0.2, 0.25) is 5.95 Å². The molecular formula is C20H14Cl4N4. The summed E-state index contributed by atoms with van der Waals surface area (Å²) in [6.45, 7) is 0.954. The van der Waals surface area contributed by atoms with E-state index in [9.17, 15) is 0 Å². The average molecular weight is 452 g/mol. The number of aromatic nitrogens is 2. The zero-order valence-electron chi connectivity index (χ0n) is 14.5. The summed E-state index contributed by atoms with van der Waals surface area (Å²) in [5.74, 6) is 0.900. The number of hydrogen-bond donors (Lipinski definition) is 1. The number of hydrogen-bond acceptors (Lipinski definition) is 4. The van der Waals surface area contributed by atoms with Crippen LogP contribution in [-0.4, -0.2) is 16.5 Å². The minimum absolute atomic E-state index is 0.196. The Balaban J connectivity index is 1.82. The summed E-state index contributed by atoms with van der Waals surface area (Å²) in [5.41, 5.74) is 9.17. The molecule has 0 unspecified atom stereocenters. The van der Waals surface area contributed by atoms with Crippen LogP contribution in [0.25, 0.3) is 11.6 Å². The third kappa shape index (κ3) is 3.65. The van der Waals surface area contributed by atoms with Crippen molar-refractivity contribution in [2.24, 2.45) is 0 Å². The second kappa shape index (κ2) is 7.80. The summed E-state index contributed by atoms with van der Waals surface area (Å²) < 4.78 is 0. The van der Waals surface area contributed by atoms with Crippen LogP contribution in [0.2, 0.25) is 20.1 Å². The van der Waals surface area contributed by atoms with Crippen molar-refractivity contribution in [1.82, 2.24) is 9.97 Å². The molecule has 0 spiro atoms. The maximum atomic E-state index is 6.44. The molecule has 2 N–H and O–H groups in total. The molecule has 0 saturated heterocycles. The Labute approximate surface area is 182 Å². The van der Waals surface area contributed by atoms with Crippen LogP contribution >= 0.6 is 46.4 Å². The van der Waals surface area contributed by atoms with E-state index < -0.39 is 0 Å². The van der Waals surface area contributed by atoms with E-state index in [2.05, 4.69) is 9.97 Å². The summed E-state index contributed by atoms with van der Waals surface area (Å²) in [4.78, 5) is 10.6. The lowest BCUT2D eigenvalue weighted by Crippen LogP contribution is -2.29. The van der Waals surface area contributed by atoms with E-state index in [1.54, 1.807) is 6.20 Å². The van der Waals surface area contributed by atoms with Crippen molar-refractivity contribution in [1.29, 1.82) is 0 Å². The monoisotopic (exact) mass is 450 g/mol. The van der Waals surface area contributed by atoms with Gasteiger partial charge in [-0.05, 0) is 35.9 Å². The normalized spacial score (nSPS) is 13.3. The highest BCUT2D eigenvalue weighted by molar-refractivity contribution is 6.38. The largest absolute Gasteiger partial charge is 0.368 e. The Bertz CT molecular complexity index is 1060. The molecule has 0 atom stereocenters. The molecule has 0 radical (unpaired) electrons. The maximum absolute atomic E-state index is 6.44. The fourth-order valence-electron chi connectivity index (χ4n) is 3.23. The molecule has 28 heavy (non-hydrogen) atoms. The van der Waals surface area contributed by atoms with Crippen molar-refractivity contribution in [2.75, 3.05) is 17.2 Å². The Morgan fingerprint density at radius 1 is 0.929 bits per heavy atom. The molecule has 0 fully saturated rings. The van der Waals surface area contributed by atoms with Crippen molar-refractivity contribution in [3.05, 3.63) is 79.4 Å². The number of benzene rings is 2. The molecule has 0 amide bonds. The number of nitrogens with two attached hydrogens (primary N) is 1. The van der Waals surface area contributed by atoms with Crippen molar-refractivity contribution < 1.29 is 0 Å². The van der Waals surface area contributed by atoms with Crippen LogP contribution in [0.3, 0.4) is 0 Å². The quantitative estimate of drug-likeness (QED) is 0.512. The van der Waals surface area contributed by atoms with Gasteiger partial charge >= 0.3 is 0 Å². The first-order valence-electron chi connectivity index (χ1n) is 8.39. The van der Waals surface area contributed by atoms with Gasteiger partial charge in [-0.25, -0.2) is 4.98 Å². The highest BCUT2D eigenvalue weighted by atomic mass is 35.5. The van der Waals surface area contributed by atoms with Gasteiger partial charge in [0, 0.05) is 56.1 Å². The van der Waals surface area contributed by atoms with E-state index >= 15 is 0 Å². The molecule has 1 aliphatic rings. The number of rotatable bonds is 3. The molecule has 0 aliphatic carbocycles. The minimum Gasteiger partial charge on any atom is -0.368 e. The summed E-state index contributed by atoms with van der Waals surface area (Å²) >= 11 is 25.6. The molecule has 1 aliphatic heterocycles. The Hall–Kier alpha value is -1.98. The minimum atomic E-state index is 0.196. The maximum Gasteiger partial charge on any atom is 0.221 e. The van der Waals surface area contributed by atoms with Crippen LogP contribution in [-0.2, 0) is 6.54 Å². The van der Waals surface area contributed by atoms with Crippen LogP contribution in [0, 0.1) is 0 Å². The van der Waals surface area contributed by atoms with Crippen LogP contribution < -0.4 is 10.6 Å². The van der Waals surface area contributed by atoms with Crippen LogP contribution in [0.4, 0.5) is 11.8 Å². The lowest BCUT2D eigenvalue weighted by Gasteiger charge is -2.31. The number of nitrogens with zero attached hydrogens (tertiary/aromatic N) is 3. The molecule has 142 valence electrons. The molecule has 0 bridgehead atoms. The van der Waals surface area contributed by atoms with Crippen LogP contribution in [0.5, 0.6) is 0 Å². The van der Waals surface area contributed by atoms with Gasteiger partial charge in [0.25, 0.3) is 0 Å². The van der Waals surface area contributed by atoms with Crippen molar-refractivity contribution in [3.8, 4) is 0 Å². The zero-order chi connectivity index (χ0) is 19.8. The van der Waals surface area contributed by atoms with E-state index in [0.717, 1.165) is 22.3 Å². The molecule has 1 aromatic heterocycles. The van der Waals surface area contributed by atoms with Gasteiger partial charge in [-0.1, -0.05) is 58.5 Å². The topological polar surface area (TPSA) is 55.0 Å². The summed E-state index contributed by atoms with van der Waals surface area (Å²) in [6.07, 6.45) is 3.66. The second-order valence-corrected chi connectivity index (χ2v) is 7.96. The van der Waals surface area contributed by atoms with E-state index in [0.29, 0.717) is 39.0 Å². The van der Waals surface area contributed by atoms with Crippen molar-refractivity contribution in [2.45, 2.75) is 6.54 Å². The third-order valence-electron chi connectivity index (χ3n) is 4.50. The number of nitrogen functional groups attached to an aromatic ring is 1. The summed E-state index contributed by atoms with van der Waals surface area (Å²) in [7, 11) is 0. The average Bonchev–Trinajstić information content (AvgIpc) is 2.65. The van der Waals surface area contributed by atoms with Gasteiger partial charge in [0.05, 0.1) is 0 Å². The molecule has 4 nitrogen and oxygen atoms in total. The highest BCUT2D eigenvalue weighted by Crippen LogP contribution is 2.39. The van der Waals surface area contributed by atoms with E-state index in [-0.39, 0.29) is 5.95 Å². The molecule has 2 heterocycles. The van der Waals surface area contributed by atoms with Gasteiger partial charge in [-0.3, -0.25) is 0 Å². The van der Waals surface area contributed by atoms with Crippen molar-refractivity contribution >= 4 is 69.8 Å². The standard InChI is InChI=1S/C20H14Cl4N4/c21-14-3-1-4-15(22)13(14)10-28-9-12(18-16(23)5-2-6-17(18)24)7-11-8-26-20(25)27-19(11)28/h1-8H,9-10H2,(H2,25,26,27). The van der Waals surface area contributed by atoms with E-state index in [1.807, 2.05) is 47.4 Å². The van der Waals surface area contributed by atoms with Gasteiger partial charge in [-0.2, -0.15) is 4.98 Å². The van der Waals surface area contributed by atoms with Gasteiger partial charge in [0.1, 0.15) is 5.82 Å². The molecular weight excluding hydrogens is 438 g/mol. The Kier molecular flexibility index (Phi) is 5.39. The predicted molar refractivity (Wildman–Crippen MR) is 118 cm³/mol. The number of anilines is 2. The Morgan fingerprint density at radius 2 is 1.54 bits per heavy atom. The summed E-state index contributed by atoms with van der Waals surface area (Å²) in [6, 6.07) is 10.9. The second-order valence-electron chi connectivity index (χ2n) is 6.33. The molecule has 0 saturated carbocycles. The first kappa shape index (κ1) is 19.3. The first-order chi connectivity index (χ1) is 13.4. The smallest absolute Gasteiger partial charge is 0.221 e. The highest BCUT2D eigenvalue weighted by Gasteiger charge is 2.25. The van der Waals surface area contributed by atoms with Gasteiger partial charge in [0.15, 0.2) is 0 Å². The molecule has 2 aromatic carbocycles. The molecule has 8 heteroatoms. The number of fused-ring (bicyclic) bond motifs is 1. The van der Waals surface area contributed by atoms with Gasteiger partial charge < -0.3 is 10.6 Å². The fourth-order valence-corrected chi connectivity index (χ4v) is 4.38. The lowest BCUT2D eigenvalue weighted by atomic mass is 9.99. The summed E-state index contributed by atoms with van der Waals surface area (Å²) in [5, 5.41) is 2.33. The molecule has 3 aromatic rings. The molecule has 4 rings (SSSR count). The number of halogens is 4. The zero-order valence-corrected chi connectivity index (χ0v) is 17.5. The Morgan fingerprint density at radius 3 is 2.18 bits per heavy atom. The van der Waals surface area contributed by atoms with Gasteiger partial charge in [-0.15, -0.1) is 0 Å². The predicted octanol–water partition coefficient (Wildman–Crippen LogP) is 6.23. The fraction of sp³-hybridized carbons (Fsp3) is 0.100. The lowest BCUT2D eigenvalue weighted by molar-refractivity contribution is 0.843. The van der Waals surface area contributed by atoms with Crippen LogP contribution in [0.1, 0.15) is 16.7 Å². The third-order valence-corrected chi connectivity index (χ3v) is 5.84.